The van der Waals surface area contributed by atoms with E-state index in [4.69, 9.17) is 14.6 Å². The van der Waals surface area contributed by atoms with Gasteiger partial charge in [-0.1, -0.05) is 49.4 Å². The number of benzene rings is 2. The van der Waals surface area contributed by atoms with Crippen molar-refractivity contribution >= 4 is 23.8 Å². The SMILES string of the molecule is C[C@H](CN1CN([C@H]2c3ccccc3CSc3ccccc32)n2ccc(=O)c(OCOC(=O)OCCO)c2C1=O)C(F)(F)F. The summed E-state index contributed by atoms with van der Waals surface area (Å²) in [6.45, 7) is -1.50. The molecule has 0 radical (unpaired) electrons. The Bertz CT molecular complexity index is 1520. The van der Waals surface area contributed by atoms with Crippen LogP contribution in [0.25, 0.3) is 0 Å². The number of carbonyl (C=O) groups is 2. The molecule has 3 aromatic rings. The Morgan fingerprint density at radius 3 is 2.53 bits per heavy atom. The summed E-state index contributed by atoms with van der Waals surface area (Å²) in [7, 11) is 0. The first-order valence-corrected chi connectivity index (χ1v) is 14.3. The number of rotatable bonds is 8. The maximum absolute atomic E-state index is 13.8. The van der Waals surface area contributed by atoms with Gasteiger partial charge in [-0.3, -0.25) is 19.3 Å². The molecule has 0 saturated carbocycles. The Morgan fingerprint density at radius 2 is 1.79 bits per heavy atom. The topological polar surface area (TPSA) is 111 Å². The van der Waals surface area contributed by atoms with Crippen molar-refractivity contribution in [2.24, 2.45) is 5.92 Å². The fraction of sp³-hybridized carbons (Fsp3) is 0.345. The molecule has 2 aromatic carbocycles. The van der Waals surface area contributed by atoms with Crippen molar-refractivity contribution in [3.8, 4) is 5.75 Å². The summed E-state index contributed by atoms with van der Waals surface area (Å²) in [6.07, 6.45) is -4.37. The molecule has 0 bridgehead atoms. The average Bonchev–Trinajstić information content (AvgIpc) is 3.15. The van der Waals surface area contributed by atoms with E-state index in [0.717, 1.165) is 33.4 Å². The Labute approximate surface area is 248 Å². The van der Waals surface area contributed by atoms with Gasteiger partial charge >= 0.3 is 12.3 Å². The summed E-state index contributed by atoms with van der Waals surface area (Å²) in [5.74, 6) is -2.56. The van der Waals surface area contributed by atoms with Crippen molar-refractivity contribution in [3.05, 3.63) is 93.4 Å². The zero-order valence-corrected chi connectivity index (χ0v) is 23.8. The number of alkyl halides is 3. The number of ether oxygens (including phenoxy) is 3. The van der Waals surface area contributed by atoms with Crippen LogP contribution in [0.1, 0.15) is 40.1 Å². The smallest absolute Gasteiger partial charge is 0.451 e. The Balaban J connectivity index is 1.63. The Kier molecular flexibility index (Phi) is 8.87. The number of fused-ring (bicyclic) bond motifs is 3. The van der Waals surface area contributed by atoms with Gasteiger partial charge in [-0.05, 0) is 22.8 Å². The first kappa shape index (κ1) is 30.3. The fourth-order valence-electron chi connectivity index (χ4n) is 5.02. The highest BCUT2D eigenvalue weighted by Gasteiger charge is 2.43. The quantitative estimate of drug-likeness (QED) is 0.292. The Hall–Kier alpha value is -4.17. The number of pyridine rings is 1. The predicted octanol–water partition coefficient (Wildman–Crippen LogP) is 4.28. The molecule has 0 aliphatic carbocycles. The van der Waals surface area contributed by atoms with Crippen LogP contribution in [-0.2, 0) is 15.2 Å². The summed E-state index contributed by atoms with van der Waals surface area (Å²) in [4.78, 5) is 40.5. The number of hydrogen-bond donors (Lipinski definition) is 1. The minimum absolute atomic E-state index is 0.226. The minimum Gasteiger partial charge on any atom is -0.451 e. The van der Waals surface area contributed by atoms with Gasteiger partial charge in [-0.25, -0.2) is 4.79 Å². The van der Waals surface area contributed by atoms with Gasteiger partial charge in [0.15, 0.2) is 5.69 Å². The summed E-state index contributed by atoms with van der Waals surface area (Å²) in [5.41, 5.74) is 1.72. The number of halogens is 3. The van der Waals surface area contributed by atoms with E-state index in [1.54, 1.807) is 16.8 Å². The number of aliphatic hydroxyl groups excluding tert-OH is 1. The van der Waals surface area contributed by atoms with E-state index in [1.807, 2.05) is 48.5 Å². The van der Waals surface area contributed by atoms with Gasteiger partial charge < -0.3 is 24.2 Å². The van der Waals surface area contributed by atoms with Crippen LogP contribution >= 0.6 is 11.8 Å². The second-order valence-corrected chi connectivity index (χ2v) is 10.9. The molecule has 2 aliphatic rings. The first-order chi connectivity index (χ1) is 20.6. The molecule has 0 fully saturated rings. The van der Waals surface area contributed by atoms with Crippen LogP contribution in [0.2, 0.25) is 0 Å². The van der Waals surface area contributed by atoms with E-state index in [2.05, 4.69) is 4.74 Å². The van der Waals surface area contributed by atoms with Crippen molar-refractivity contribution in [2.75, 3.05) is 38.2 Å². The highest BCUT2D eigenvalue weighted by Crippen LogP contribution is 2.43. The first-order valence-electron chi connectivity index (χ1n) is 13.3. The van der Waals surface area contributed by atoms with Crippen LogP contribution in [0.5, 0.6) is 5.75 Å². The standard InChI is InChI=1S/C29H28F3N3O7S/c1-18(29(30,31)32)14-33-16-35(24-20-7-3-2-6-19(20)15-43-23-9-5-4-8-21(23)24)34-11-10-22(37)26(25(34)27(33)38)41-17-42-28(39)40-13-12-36/h2-11,18,24,36H,12-17H2,1H3/t18-,24+/m1/s1. The van der Waals surface area contributed by atoms with Crippen LogP contribution < -0.4 is 15.2 Å². The molecule has 2 atom stereocenters. The number of aliphatic hydroxyl groups is 1. The maximum atomic E-state index is 13.8. The van der Waals surface area contributed by atoms with Crippen molar-refractivity contribution in [3.63, 3.8) is 0 Å². The molecule has 2 aliphatic heterocycles. The summed E-state index contributed by atoms with van der Waals surface area (Å²) < 4.78 is 57.3. The van der Waals surface area contributed by atoms with Gasteiger partial charge in [-0.2, -0.15) is 13.2 Å². The number of amides is 1. The van der Waals surface area contributed by atoms with Crippen LogP contribution in [0.3, 0.4) is 0 Å². The average molecular weight is 620 g/mol. The zero-order chi connectivity index (χ0) is 30.7. The van der Waals surface area contributed by atoms with Crippen molar-refractivity contribution in [2.45, 2.75) is 29.8 Å². The molecule has 1 N–H and O–H groups in total. The van der Waals surface area contributed by atoms with Crippen LogP contribution in [0.15, 0.2) is 70.5 Å². The summed E-state index contributed by atoms with van der Waals surface area (Å²) in [5, 5.41) is 10.5. The van der Waals surface area contributed by atoms with Crippen LogP contribution in [-0.4, -0.2) is 66.1 Å². The predicted molar refractivity (Wildman–Crippen MR) is 149 cm³/mol. The lowest BCUT2D eigenvalue weighted by molar-refractivity contribution is -0.172. The Morgan fingerprint density at radius 1 is 1.07 bits per heavy atom. The molecule has 5 rings (SSSR count). The second kappa shape index (κ2) is 12.6. The highest BCUT2D eigenvalue weighted by atomic mass is 32.2. The van der Waals surface area contributed by atoms with E-state index in [-0.39, 0.29) is 19.0 Å². The number of carbonyl (C=O) groups excluding carboxylic acids is 2. The molecular formula is C29H28F3N3O7S. The van der Waals surface area contributed by atoms with E-state index in [0.29, 0.717) is 5.75 Å². The molecule has 10 nitrogen and oxygen atoms in total. The lowest BCUT2D eigenvalue weighted by Gasteiger charge is -2.45. The number of thioether (sulfide) groups is 1. The van der Waals surface area contributed by atoms with Crippen molar-refractivity contribution in [1.82, 2.24) is 9.58 Å². The molecule has 0 saturated heterocycles. The number of hydrogen-bond acceptors (Lipinski definition) is 9. The molecule has 43 heavy (non-hydrogen) atoms. The summed E-state index contributed by atoms with van der Waals surface area (Å²) >= 11 is 1.63. The van der Waals surface area contributed by atoms with Gasteiger partial charge in [0.25, 0.3) is 5.91 Å². The molecule has 3 heterocycles. The van der Waals surface area contributed by atoms with Gasteiger partial charge in [-0.15, -0.1) is 11.8 Å². The fourth-order valence-corrected chi connectivity index (χ4v) is 6.11. The molecule has 0 unspecified atom stereocenters. The lowest BCUT2D eigenvalue weighted by Crippen LogP contribution is -2.57. The van der Waals surface area contributed by atoms with Crippen LogP contribution in [0, 0.1) is 5.92 Å². The van der Waals surface area contributed by atoms with Gasteiger partial charge in [0, 0.05) is 29.5 Å². The zero-order valence-electron chi connectivity index (χ0n) is 23.0. The van der Waals surface area contributed by atoms with E-state index in [9.17, 15) is 27.6 Å². The van der Waals surface area contributed by atoms with Gasteiger partial charge in [0.1, 0.15) is 13.3 Å². The molecule has 1 aromatic heterocycles. The van der Waals surface area contributed by atoms with E-state index in [1.165, 1.54) is 16.9 Å². The largest absolute Gasteiger partial charge is 0.511 e. The van der Waals surface area contributed by atoms with Gasteiger partial charge in [0.05, 0.1) is 18.6 Å². The monoisotopic (exact) mass is 619 g/mol. The van der Waals surface area contributed by atoms with Crippen molar-refractivity contribution < 1.29 is 42.1 Å². The van der Waals surface area contributed by atoms with Crippen molar-refractivity contribution in [1.29, 1.82) is 0 Å². The molecular weight excluding hydrogens is 591 g/mol. The molecule has 1 amide bonds. The summed E-state index contributed by atoms with van der Waals surface area (Å²) in [6, 6.07) is 16.0. The molecule has 14 heteroatoms. The number of aromatic nitrogens is 1. The number of nitrogens with zero attached hydrogens (tertiary/aromatic N) is 3. The third-order valence-electron chi connectivity index (χ3n) is 7.11. The third kappa shape index (κ3) is 6.30. The normalized spacial score (nSPS) is 16.9. The lowest BCUT2D eigenvalue weighted by atomic mass is 9.94. The third-order valence-corrected chi connectivity index (χ3v) is 8.24. The maximum Gasteiger partial charge on any atom is 0.511 e. The minimum atomic E-state index is -4.57. The highest BCUT2D eigenvalue weighted by molar-refractivity contribution is 7.98. The van der Waals surface area contributed by atoms with Crippen LogP contribution in [0.4, 0.5) is 18.0 Å². The molecule has 0 spiro atoms. The van der Waals surface area contributed by atoms with E-state index >= 15 is 0 Å². The second-order valence-electron chi connectivity index (χ2n) is 9.91. The van der Waals surface area contributed by atoms with Gasteiger partial charge in [0.2, 0.25) is 18.0 Å². The van der Waals surface area contributed by atoms with E-state index < -0.39 is 61.3 Å². The molecule has 228 valence electrons.